The summed E-state index contributed by atoms with van der Waals surface area (Å²) in [6.07, 6.45) is 10.0. The lowest BCUT2D eigenvalue weighted by Gasteiger charge is -2.58. The summed E-state index contributed by atoms with van der Waals surface area (Å²) < 4.78 is 6.49. The second kappa shape index (κ2) is 11.6. The van der Waals surface area contributed by atoms with E-state index in [1.807, 2.05) is 43.3 Å². The minimum absolute atomic E-state index is 0.0169. The summed E-state index contributed by atoms with van der Waals surface area (Å²) in [5, 5.41) is 15.6. The van der Waals surface area contributed by atoms with E-state index in [2.05, 4.69) is 29.2 Å². The molecule has 230 valence electrons. The quantitative estimate of drug-likeness (QED) is 0.230. The maximum atomic E-state index is 14.2. The number of nitrogens with zero attached hydrogens (tertiary/aromatic N) is 3. The molecule has 2 aromatic carbocycles. The molecule has 0 amide bonds. The van der Waals surface area contributed by atoms with E-state index in [1.54, 1.807) is 4.57 Å². The number of nitrogens with one attached hydrogen (secondary N) is 1. The van der Waals surface area contributed by atoms with Crippen molar-refractivity contribution < 1.29 is 9.63 Å². The van der Waals surface area contributed by atoms with Crippen molar-refractivity contribution in [3.63, 3.8) is 0 Å². The fourth-order valence-electron chi connectivity index (χ4n) is 8.95. The van der Waals surface area contributed by atoms with Crippen LogP contribution < -0.4 is 11.3 Å². The number of hydrogen-bond acceptors (Lipinski definition) is 6. The van der Waals surface area contributed by atoms with Gasteiger partial charge < -0.3 is 5.11 Å². The first-order valence-electron chi connectivity index (χ1n) is 16.3. The van der Waals surface area contributed by atoms with Crippen molar-refractivity contribution in [1.29, 1.82) is 0 Å². The molecule has 4 bridgehead atoms. The molecule has 4 fully saturated rings. The van der Waals surface area contributed by atoms with Gasteiger partial charge in [0, 0.05) is 17.5 Å². The minimum atomic E-state index is -0.591. The van der Waals surface area contributed by atoms with Crippen LogP contribution in [0.25, 0.3) is 22.5 Å². The highest BCUT2D eigenvalue weighted by Gasteiger charge is 2.54. The molecule has 0 radical (unpaired) electrons. The van der Waals surface area contributed by atoms with Gasteiger partial charge in [0.15, 0.2) is 5.82 Å². The zero-order valence-corrected chi connectivity index (χ0v) is 25.7. The number of aromatic amines is 1. The van der Waals surface area contributed by atoms with Crippen molar-refractivity contribution in [2.45, 2.75) is 90.7 Å². The summed E-state index contributed by atoms with van der Waals surface area (Å²) in [6, 6.07) is 15.9. The van der Waals surface area contributed by atoms with Crippen molar-refractivity contribution in [2.75, 3.05) is 0 Å². The monoisotopic (exact) mass is 594 g/mol. The van der Waals surface area contributed by atoms with Crippen LogP contribution in [0, 0.1) is 30.1 Å². The standard InChI is InChI=1S/C36H42N4O4/c1-3-4-9-31-30(17-23-10-12-27(13-11-23)28-7-5-6-8-29(28)33-38-35(43)44-39-33)34(42)40(22(2)37-31)21-32(41)36-18-24-14-25(19-36)16-26(15-24)20-36/h5-8,10-13,24-26,32,41H,3-4,9,14-21H2,1-2H3,(H,38,39,43). The summed E-state index contributed by atoms with van der Waals surface area (Å²) in [6.45, 7) is 4.40. The van der Waals surface area contributed by atoms with Crippen LogP contribution in [0.5, 0.6) is 0 Å². The molecule has 8 nitrogen and oxygen atoms in total. The molecule has 2 N–H and O–H groups in total. The molecular weight excluding hydrogens is 552 g/mol. The topological polar surface area (TPSA) is 114 Å². The average Bonchev–Trinajstić information content (AvgIpc) is 3.45. The summed E-state index contributed by atoms with van der Waals surface area (Å²) in [5.41, 5.74) is 5.23. The van der Waals surface area contributed by atoms with Gasteiger partial charge >= 0.3 is 5.76 Å². The molecule has 0 spiro atoms. The van der Waals surface area contributed by atoms with Gasteiger partial charge in [0.2, 0.25) is 0 Å². The number of aryl methyl sites for hydroxylation is 2. The van der Waals surface area contributed by atoms with E-state index in [-0.39, 0.29) is 11.0 Å². The van der Waals surface area contributed by atoms with Gasteiger partial charge in [-0.1, -0.05) is 67.0 Å². The van der Waals surface area contributed by atoms with Gasteiger partial charge in [0.25, 0.3) is 5.56 Å². The molecule has 1 unspecified atom stereocenters. The highest BCUT2D eigenvalue weighted by Crippen LogP contribution is 2.61. The van der Waals surface area contributed by atoms with Gasteiger partial charge in [-0.05, 0) is 98.1 Å². The Morgan fingerprint density at radius 3 is 2.27 bits per heavy atom. The van der Waals surface area contributed by atoms with Crippen LogP contribution in [0.3, 0.4) is 0 Å². The fraction of sp³-hybridized carbons (Fsp3) is 0.500. The Morgan fingerprint density at radius 1 is 1.00 bits per heavy atom. The van der Waals surface area contributed by atoms with E-state index >= 15 is 0 Å². The highest BCUT2D eigenvalue weighted by molar-refractivity contribution is 5.80. The number of rotatable bonds is 10. The van der Waals surface area contributed by atoms with Gasteiger partial charge in [-0.2, -0.15) is 0 Å². The molecular formula is C36H42N4O4. The van der Waals surface area contributed by atoms with Crippen molar-refractivity contribution in [2.24, 2.45) is 23.2 Å². The van der Waals surface area contributed by atoms with Crippen LogP contribution >= 0.6 is 0 Å². The van der Waals surface area contributed by atoms with Crippen LogP contribution in [0.1, 0.15) is 80.9 Å². The third kappa shape index (κ3) is 5.38. The third-order valence-electron chi connectivity index (χ3n) is 10.7. The Hall–Kier alpha value is -3.78. The first-order chi connectivity index (χ1) is 21.3. The Labute approximate surface area is 257 Å². The predicted molar refractivity (Wildman–Crippen MR) is 169 cm³/mol. The molecule has 8 rings (SSSR count). The van der Waals surface area contributed by atoms with Gasteiger partial charge in [0.05, 0.1) is 18.3 Å². The molecule has 0 aliphatic heterocycles. The number of H-pyrrole nitrogens is 1. The summed E-state index contributed by atoms with van der Waals surface area (Å²) in [7, 11) is 0. The molecule has 0 saturated heterocycles. The molecule has 4 saturated carbocycles. The zero-order chi connectivity index (χ0) is 30.4. The first kappa shape index (κ1) is 29.0. The normalized spacial score (nSPS) is 24.6. The lowest BCUT2D eigenvalue weighted by atomic mass is 9.48. The average molecular weight is 595 g/mol. The molecule has 4 aromatic rings. The number of hydrogen-bond donors (Lipinski definition) is 2. The Bertz CT molecular complexity index is 1730. The smallest absolute Gasteiger partial charge is 0.391 e. The van der Waals surface area contributed by atoms with Crippen LogP contribution in [-0.4, -0.2) is 30.9 Å². The molecule has 4 aliphatic rings. The van der Waals surface area contributed by atoms with E-state index in [4.69, 9.17) is 9.51 Å². The minimum Gasteiger partial charge on any atom is -0.391 e. The number of aromatic nitrogens is 4. The van der Waals surface area contributed by atoms with Crippen LogP contribution in [-0.2, 0) is 19.4 Å². The van der Waals surface area contributed by atoms with Crippen molar-refractivity contribution in [1.82, 2.24) is 19.7 Å². The van der Waals surface area contributed by atoms with E-state index in [9.17, 15) is 14.7 Å². The third-order valence-corrected chi connectivity index (χ3v) is 10.7. The molecule has 1 atom stereocenters. The molecule has 44 heavy (non-hydrogen) atoms. The van der Waals surface area contributed by atoms with E-state index in [0.717, 1.165) is 89.8 Å². The molecule has 8 heteroatoms. The fourth-order valence-corrected chi connectivity index (χ4v) is 8.95. The largest absolute Gasteiger partial charge is 0.439 e. The maximum Gasteiger partial charge on any atom is 0.439 e. The zero-order valence-electron chi connectivity index (χ0n) is 25.7. The number of benzene rings is 2. The van der Waals surface area contributed by atoms with Crippen molar-refractivity contribution in [3.05, 3.63) is 92.1 Å². The lowest BCUT2D eigenvalue weighted by Crippen LogP contribution is -2.53. The van der Waals surface area contributed by atoms with Crippen LogP contribution in [0.4, 0.5) is 0 Å². The Kier molecular flexibility index (Phi) is 7.65. The SMILES string of the molecule is CCCCc1nc(C)n(CC(O)C23CC4CC(CC(C4)C2)C3)c(=O)c1Cc1ccc(-c2ccccc2-c2noc(=O)[nH]2)cc1. The first-order valence-corrected chi connectivity index (χ1v) is 16.3. The second-order valence-electron chi connectivity index (χ2n) is 13.8. The molecule has 4 aliphatic carbocycles. The van der Waals surface area contributed by atoms with Crippen molar-refractivity contribution >= 4 is 0 Å². The van der Waals surface area contributed by atoms with E-state index in [1.165, 1.54) is 19.3 Å². The second-order valence-corrected chi connectivity index (χ2v) is 13.8. The van der Waals surface area contributed by atoms with E-state index < -0.39 is 11.9 Å². The number of aliphatic hydroxyl groups is 1. The molecule has 2 heterocycles. The number of aliphatic hydroxyl groups excluding tert-OH is 1. The Balaban J connectivity index is 1.17. The highest BCUT2D eigenvalue weighted by atomic mass is 16.5. The van der Waals surface area contributed by atoms with Gasteiger partial charge in [0.1, 0.15) is 5.82 Å². The summed E-state index contributed by atoms with van der Waals surface area (Å²) >= 11 is 0. The molecule has 2 aromatic heterocycles. The van der Waals surface area contributed by atoms with Crippen LogP contribution in [0.2, 0.25) is 0 Å². The van der Waals surface area contributed by atoms with Gasteiger partial charge in [-0.25, -0.2) is 9.78 Å². The summed E-state index contributed by atoms with van der Waals surface area (Å²) in [4.78, 5) is 33.4. The van der Waals surface area contributed by atoms with Crippen LogP contribution in [0.15, 0.2) is 62.6 Å². The summed E-state index contributed by atoms with van der Waals surface area (Å²) in [5.74, 6) is 2.72. The lowest BCUT2D eigenvalue weighted by molar-refractivity contribution is -0.124. The Morgan fingerprint density at radius 2 is 1.66 bits per heavy atom. The maximum absolute atomic E-state index is 14.2. The number of unbranched alkanes of at least 4 members (excludes halogenated alkanes) is 1. The van der Waals surface area contributed by atoms with Crippen molar-refractivity contribution in [3.8, 4) is 22.5 Å². The van der Waals surface area contributed by atoms with Gasteiger partial charge in [-0.3, -0.25) is 18.9 Å². The van der Waals surface area contributed by atoms with E-state index in [0.29, 0.717) is 24.6 Å². The predicted octanol–water partition coefficient (Wildman–Crippen LogP) is 6.07. The van der Waals surface area contributed by atoms with Gasteiger partial charge in [-0.15, -0.1) is 0 Å².